The van der Waals surface area contributed by atoms with Gasteiger partial charge >= 0.3 is 0 Å². The van der Waals surface area contributed by atoms with Gasteiger partial charge in [0, 0.05) is 26.2 Å². The van der Waals surface area contributed by atoms with Crippen LogP contribution in [-0.4, -0.2) is 61.0 Å². The van der Waals surface area contributed by atoms with Crippen molar-refractivity contribution >= 4 is 5.91 Å². The molecule has 4 nitrogen and oxygen atoms in total. The van der Waals surface area contributed by atoms with Crippen molar-refractivity contribution < 1.29 is 4.79 Å². The van der Waals surface area contributed by atoms with Crippen molar-refractivity contribution in [3.05, 3.63) is 0 Å². The summed E-state index contributed by atoms with van der Waals surface area (Å²) >= 11 is 0. The van der Waals surface area contributed by atoms with E-state index in [9.17, 15) is 4.79 Å². The minimum absolute atomic E-state index is 0.0397. The van der Waals surface area contributed by atoms with Crippen LogP contribution < -0.4 is 5.32 Å². The molecular formula is C15H25N3O. The lowest BCUT2D eigenvalue weighted by molar-refractivity contribution is -0.136. The first kappa shape index (κ1) is 14.4. The molecule has 2 atom stereocenters. The van der Waals surface area contributed by atoms with Gasteiger partial charge in [-0.15, -0.1) is 6.42 Å². The number of piperidine rings is 1. The third-order valence-electron chi connectivity index (χ3n) is 4.39. The molecule has 0 bridgehead atoms. The van der Waals surface area contributed by atoms with Crippen LogP contribution in [0.2, 0.25) is 0 Å². The number of terminal acetylenes is 1. The standard InChI is InChI=1S/C15H25N3O/c1-3-7-17-8-10-18(11-9-17)15(19)14-12-13(4-2)5-6-16-14/h1,13-14,16H,4-12H2,2H3. The van der Waals surface area contributed by atoms with Crippen molar-refractivity contribution in [2.45, 2.75) is 32.2 Å². The van der Waals surface area contributed by atoms with Crippen LogP contribution in [-0.2, 0) is 4.79 Å². The van der Waals surface area contributed by atoms with Crippen molar-refractivity contribution in [3.8, 4) is 12.3 Å². The van der Waals surface area contributed by atoms with Gasteiger partial charge in [-0.3, -0.25) is 9.69 Å². The molecule has 2 aliphatic rings. The number of hydrogen-bond donors (Lipinski definition) is 1. The van der Waals surface area contributed by atoms with Gasteiger partial charge in [-0.05, 0) is 25.3 Å². The Morgan fingerprint density at radius 2 is 2.11 bits per heavy atom. The molecular weight excluding hydrogens is 238 g/mol. The Hall–Kier alpha value is -1.05. The van der Waals surface area contributed by atoms with E-state index in [0.29, 0.717) is 18.4 Å². The number of carbonyl (C=O) groups excluding carboxylic acids is 1. The fraction of sp³-hybridized carbons (Fsp3) is 0.800. The second-order valence-electron chi connectivity index (χ2n) is 5.61. The first-order valence-corrected chi connectivity index (χ1v) is 7.42. The lowest BCUT2D eigenvalue weighted by atomic mass is 9.90. The Labute approximate surface area is 116 Å². The van der Waals surface area contributed by atoms with Gasteiger partial charge in [0.25, 0.3) is 0 Å². The predicted molar refractivity (Wildman–Crippen MR) is 76.7 cm³/mol. The van der Waals surface area contributed by atoms with Crippen LogP contribution in [0.25, 0.3) is 0 Å². The van der Waals surface area contributed by atoms with Gasteiger partial charge in [-0.1, -0.05) is 19.3 Å². The van der Waals surface area contributed by atoms with Crippen LogP contribution in [0.3, 0.4) is 0 Å². The first-order valence-electron chi connectivity index (χ1n) is 7.42. The van der Waals surface area contributed by atoms with Crippen LogP contribution in [0.4, 0.5) is 0 Å². The summed E-state index contributed by atoms with van der Waals surface area (Å²) in [5.74, 6) is 3.67. The summed E-state index contributed by atoms with van der Waals surface area (Å²) in [6.07, 6.45) is 8.71. The molecule has 2 saturated heterocycles. The van der Waals surface area contributed by atoms with Crippen molar-refractivity contribution in [1.29, 1.82) is 0 Å². The van der Waals surface area contributed by atoms with E-state index in [1.54, 1.807) is 0 Å². The van der Waals surface area contributed by atoms with Crippen LogP contribution in [0.1, 0.15) is 26.2 Å². The zero-order valence-electron chi connectivity index (χ0n) is 11.9. The average Bonchev–Trinajstić information content (AvgIpc) is 2.48. The number of nitrogens with one attached hydrogen (secondary N) is 1. The topological polar surface area (TPSA) is 35.6 Å². The minimum Gasteiger partial charge on any atom is -0.339 e. The van der Waals surface area contributed by atoms with Crippen LogP contribution in [0.5, 0.6) is 0 Å². The van der Waals surface area contributed by atoms with Gasteiger partial charge < -0.3 is 10.2 Å². The highest BCUT2D eigenvalue weighted by molar-refractivity contribution is 5.82. The number of rotatable bonds is 3. The van der Waals surface area contributed by atoms with Crippen molar-refractivity contribution in [3.63, 3.8) is 0 Å². The normalized spacial score (nSPS) is 28.9. The van der Waals surface area contributed by atoms with Gasteiger partial charge in [0.15, 0.2) is 0 Å². The number of carbonyl (C=O) groups is 1. The van der Waals surface area contributed by atoms with Crippen molar-refractivity contribution in [2.24, 2.45) is 5.92 Å². The summed E-state index contributed by atoms with van der Waals surface area (Å²) in [6.45, 7) is 7.33. The molecule has 2 heterocycles. The Kier molecular flexibility index (Phi) is 5.24. The minimum atomic E-state index is 0.0397. The highest BCUT2D eigenvalue weighted by atomic mass is 16.2. The molecule has 1 N–H and O–H groups in total. The highest BCUT2D eigenvalue weighted by Gasteiger charge is 2.30. The molecule has 4 heteroatoms. The van der Waals surface area contributed by atoms with E-state index >= 15 is 0 Å². The number of piperazine rings is 1. The fourth-order valence-electron chi connectivity index (χ4n) is 3.03. The molecule has 2 rings (SSSR count). The molecule has 0 spiro atoms. The summed E-state index contributed by atoms with van der Waals surface area (Å²) in [5.41, 5.74) is 0. The molecule has 0 aliphatic carbocycles. The summed E-state index contributed by atoms with van der Waals surface area (Å²) in [6, 6.07) is 0.0397. The molecule has 106 valence electrons. The van der Waals surface area contributed by atoms with Crippen molar-refractivity contribution in [2.75, 3.05) is 39.3 Å². The average molecular weight is 263 g/mol. The van der Waals surface area contributed by atoms with Gasteiger partial charge in [0.1, 0.15) is 0 Å². The molecule has 0 radical (unpaired) electrons. The SMILES string of the molecule is C#CCN1CCN(C(=O)C2CC(CC)CCN2)CC1. The highest BCUT2D eigenvalue weighted by Crippen LogP contribution is 2.20. The summed E-state index contributed by atoms with van der Waals surface area (Å²) < 4.78 is 0. The van der Waals surface area contributed by atoms with Crippen LogP contribution in [0.15, 0.2) is 0 Å². The molecule has 2 aliphatic heterocycles. The zero-order chi connectivity index (χ0) is 13.7. The maximum atomic E-state index is 12.5. The lowest BCUT2D eigenvalue weighted by Gasteiger charge is -2.37. The lowest BCUT2D eigenvalue weighted by Crippen LogP contribution is -2.55. The Morgan fingerprint density at radius 3 is 2.74 bits per heavy atom. The monoisotopic (exact) mass is 263 g/mol. The number of hydrogen-bond acceptors (Lipinski definition) is 3. The first-order chi connectivity index (χ1) is 9.24. The van der Waals surface area contributed by atoms with Gasteiger partial charge in [-0.25, -0.2) is 0 Å². The van der Waals surface area contributed by atoms with Gasteiger partial charge in [0.05, 0.1) is 12.6 Å². The van der Waals surface area contributed by atoms with E-state index < -0.39 is 0 Å². The smallest absolute Gasteiger partial charge is 0.239 e. The summed E-state index contributed by atoms with van der Waals surface area (Å²) in [7, 11) is 0. The van der Waals surface area contributed by atoms with E-state index in [4.69, 9.17) is 6.42 Å². The van der Waals surface area contributed by atoms with E-state index in [2.05, 4.69) is 23.1 Å². The molecule has 2 unspecified atom stereocenters. The number of nitrogens with zero attached hydrogens (tertiary/aromatic N) is 2. The molecule has 0 aromatic carbocycles. The third kappa shape index (κ3) is 3.71. The zero-order valence-corrected chi connectivity index (χ0v) is 11.9. The number of amides is 1. The summed E-state index contributed by atoms with van der Waals surface area (Å²) in [5, 5.41) is 3.38. The van der Waals surface area contributed by atoms with E-state index in [0.717, 1.165) is 39.1 Å². The van der Waals surface area contributed by atoms with Crippen LogP contribution >= 0.6 is 0 Å². The quantitative estimate of drug-likeness (QED) is 0.755. The molecule has 0 saturated carbocycles. The van der Waals surface area contributed by atoms with Crippen molar-refractivity contribution in [1.82, 2.24) is 15.1 Å². The molecule has 0 aromatic rings. The molecule has 2 fully saturated rings. The van der Waals surface area contributed by atoms with E-state index in [1.807, 2.05) is 4.90 Å². The second-order valence-corrected chi connectivity index (χ2v) is 5.61. The van der Waals surface area contributed by atoms with Crippen LogP contribution in [0, 0.1) is 18.3 Å². The Balaban J connectivity index is 1.82. The molecule has 19 heavy (non-hydrogen) atoms. The predicted octanol–water partition coefficient (Wildman–Crippen LogP) is 0.542. The summed E-state index contributed by atoms with van der Waals surface area (Å²) in [4.78, 5) is 16.7. The maximum absolute atomic E-state index is 12.5. The van der Waals surface area contributed by atoms with E-state index in [1.165, 1.54) is 12.8 Å². The van der Waals surface area contributed by atoms with Gasteiger partial charge in [-0.2, -0.15) is 0 Å². The molecule has 1 amide bonds. The van der Waals surface area contributed by atoms with Gasteiger partial charge in [0.2, 0.25) is 5.91 Å². The fourth-order valence-corrected chi connectivity index (χ4v) is 3.03. The van der Waals surface area contributed by atoms with E-state index in [-0.39, 0.29) is 6.04 Å². The largest absolute Gasteiger partial charge is 0.339 e. The maximum Gasteiger partial charge on any atom is 0.239 e. The Bertz CT molecular complexity index is 342. The second kappa shape index (κ2) is 6.93. The Morgan fingerprint density at radius 1 is 1.37 bits per heavy atom. The molecule has 0 aromatic heterocycles. The third-order valence-corrected chi connectivity index (χ3v) is 4.39.